The van der Waals surface area contributed by atoms with Gasteiger partial charge in [0.15, 0.2) is 5.03 Å². The number of rotatable bonds is 5. The van der Waals surface area contributed by atoms with Crippen LogP contribution in [0.25, 0.3) is 0 Å². The van der Waals surface area contributed by atoms with E-state index < -0.39 is 22.4 Å². The first-order valence-corrected chi connectivity index (χ1v) is 7.31. The van der Waals surface area contributed by atoms with Crippen molar-refractivity contribution < 1.29 is 9.90 Å². The van der Waals surface area contributed by atoms with E-state index in [4.69, 9.17) is 0 Å². The summed E-state index contributed by atoms with van der Waals surface area (Å²) in [5, 5.41) is 18.1. The molecule has 0 aliphatic rings. The molecule has 0 saturated carbocycles. The van der Waals surface area contributed by atoms with Crippen LogP contribution in [0, 0.1) is 0 Å². The van der Waals surface area contributed by atoms with E-state index in [0.717, 1.165) is 11.8 Å². The van der Waals surface area contributed by atoms with Crippen LogP contribution in [0.1, 0.15) is 12.5 Å². The van der Waals surface area contributed by atoms with Gasteiger partial charge in [-0.05, 0) is 24.6 Å². The van der Waals surface area contributed by atoms with E-state index in [1.54, 1.807) is 19.1 Å². The number of aromatic nitrogens is 3. The van der Waals surface area contributed by atoms with E-state index in [1.165, 1.54) is 18.3 Å². The molecule has 1 amide bonds. The molecule has 1 atom stereocenters. The largest absolute Gasteiger partial charge is 0.508 e. The number of carbonyl (C=O) groups is 1. The maximum absolute atomic E-state index is 11.9. The Morgan fingerprint density at radius 3 is 2.96 bits per heavy atom. The summed E-state index contributed by atoms with van der Waals surface area (Å²) < 4.78 is 0. The van der Waals surface area contributed by atoms with Crippen LogP contribution in [0.4, 0.5) is 0 Å². The molecule has 4 N–H and O–H groups in total. The first-order valence-electron chi connectivity index (χ1n) is 6.43. The predicted molar refractivity (Wildman–Crippen MR) is 84.6 cm³/mol. The summed E-state index contributed by atoms with van der Waals surface area (Å²) in [6.07, 6.45) is 1.38. The van der Waals surface area contributed by atoms with Crippen molar-refractivity contribution in [2.24, 2.45) is 5.10 Å². The lowest BCUT2D eigenvalue weighted by Crippen LogP contribution is -2.30. The van der Waals surface area contributed by atoms with Crippen molar-refractivity contribution in [1.29, 1.82) is 0 Å². The van der Waals surface area contributed by atoms with Gasteiger partial charge in [-0.1, -0.05) is 23.9 Å². The Balaban J connectivity index is 1.95. The highest BCUT2D eigenvalue weighted by Crippen LogP contribution is 2.16. The van der Waals surface area contributed by atoms with Crippen molar-refractivity contribution in [3.8, 4) is 5.75 Å². The smallest absolute Gasteiger partial charge is 0.342 e. The molecule has 0 fully saturated rings. The molecule has 1 aromatic carbocycles. The van der Waals surface area contributed by atoms with Gasteiger partial charge in [0.25, 0.3) is 11.5 Å². The van der Waals surface area contributed by atoms with E-state index in [2.05, 4.69) is 20.7 Å². The molecule has 0 spiro atoms. The van der Waals surface area contributed by atoms with Gasteiger partial charge in [0, 0.05) is 0 Å². The van der Waals surface area contributed by atoms with Crippen LogP contribution in [0.5, 0.6) is 5.75 Å². The summed E-state index contributed by atoms with van der Waals surface area (Å²) >= 11 is 0.885. The molecule has 1 unspecified atom stereocenters. The van der Waals surface area contributed by atoms with Crippen LogP contribution in [0.2, 0.25) is 0 Å². The number of nitrogens with one attached hydrogen (secondary N) is 3. The second kappa shape index (κ2) is 7.40. The Morgan fingerprint density at radius 1 is 1.48 bits per heavy atom. The number of benzene rings is 1. The summed E-state index contributed by atoms with van der Waals surface area (Å²) in [6.45, 7) is 1.57. The molecule has 0 aliphatic heterocycles. The van der Waals surface area contributed by atoms with Crippen molar-refractivity contribution in [3.05, 3.63) is 50.7 Å². The van der Waals surface area contributed by atoms with Gasteiger partial charge in [0.05, 0.1) is 11.5 Å². The number of hydrazone groups is 1. The Labute approximate surface area is 133 Å². The summed E-state index contributed by atoms with van der Waals surface area (Å²) in [4.78, 5) is 36.2. The number of H-pyrrole nitrogens is 2. The van der Waals surface area contributed by atoms with Crippen molar-refractivity contribution in [2.75, 3.05) is 0 Å². The zero-order valence-corrected chi connectivity index (χ0v) is 12.8. The number of phenols is 1. The first kappa shape index (κ1) is 16.5. The average Bonchev–Trinajstić information content (AvgIpc) is 2.50. The van der Waals surface area contributed by atoms with Crippen LogP contribution in [-0.4, -0.2) is 37.7 Å². The molecule has 0 bridgehead atoms. The second-order valence-corrected chi connectivity index (χ2v) is 5.73. The molecule has 120 valence electrons. The zero-order valence-electron chi connectivity index (χ0n) is 11.9. The topological polar surface area (TPSA) is 140 Å². The lowest BCUT2D eigenvalue weighted by Gasteiger charge is -2.07. The van der Waals surface area contributed by atoms with E-state index >= 15 is 0 Å². The van der Waals surface area contributed by atoms with Gasteiger partial charge in [0.1, 0.15) is 5.75 Å². The maximum Gasteiger partial charge on any atom is 0.342 e. The normalized spacial score (nSPS) is 12.2. The highest BCUT2D eigenvalue weighted by atomic mass is 32.2. The van der Waals surface area contributed by atoms with E-state index in [9.17, 15) is 19.5 Å². The number of phenolic OH excluding ortho intramolecular Hbond substituents is 1. The van der Waals surface area contributed by atoms with Gasteiger partial charge in [0.2, 0.25) is 0 Å². The zero-order chi connectivity index (χ0) is 16.8. The number of thioether (sulfide) groups is 1. The molecular weight excluding hydrogens is 322 g/mol. The van der Waals surface area contributed by atoms with Crippen molar-refractivity contribution in [1.82, 2.24) is 20.6 Å². The summed E-state index contributed by atoms with van der Waals surface area (Å²) in [6, 6.07) is 6.35. The van der Waals surface area contributed by atoms with Crippen molar-refractivity contribution in [2.45, 2.75) is 17.2 Å². The lowest BCUT2D eigenvalue weighted by atomic mass is 10.2. The average molecular weight is 335 g/mol. The highest BCUT2D eigenvalue weighted by Gasteiger charge is 2.16. The highest BCUT2D eigenvalue weighted by molar-refractivity contribution is 8.00. The number of aromatic amines is 2. The monoisotopic (exact) mass is 335 g/mol. The van der Waals surface area contributed by atoms with Gasteiger partial charge >= 0.3 is 5.69 Å². The maximum atomic E-state index is 11.9. The van der Waals surface area contributed by atoms with E-state index in [1.807, 2.05) is 4.98 Å². The number of carbonyl (C=O) groups excluding carboxylic acids is 1. The van der Waals surface area contributed by atoms with Gasteiger partial charge in [-0.25, -0.2) is 15.3 Å². The molecule has 0 saturated heterocycles. The third-order valence-electron chi connectivity index (χ3n) is 2.60. The molecule has 1 heterocycles. The molecule has 0 radical (unpaired) electrons. The quantitative estimate of drug-likeness (QED) is 0.339. The van der Waals surface area contributed by atoms with E-state index in [-0.39, 0.29) is 10.8 Å². The van der Waals surface area contributed by atoms with Gasteiger partial charge in [-0.3, -0.25) is 14.6 Å². The van der Waals surface area contributed by atoms with Crippen molar-refractivity contribution in [3.63, 3.8) is 0 Å². The molecule has 1 aromatic heterocycles. The fourth-order valence-corrected chi connectivity index (χ4v) is 2.26. The standard InChI is InChI=1S/C13H13N5O4S/c1-7(23-12-11(21)15-13(22)18-17-12)10(20)16-14-6-8-3-2-4-9(19)5-8/h2-7,19H,1H3,(H,16,20)(H2,15,18,21,22)/b14-6+. The minimum absolute atomic E-state index is 0.0239. The predicted octanol–water partition coefficient (Wildman–Crippen LogP) is -0.205. The van der Waals surface area contributed by atoms with Crippen molar-refractivity contribution >= 4 is 23.9 Å². The van der Waals surface area contributed by atoms with Crippen LogP contribution < -0.4 is 16.7 Å². The molecule has 10 heteroatoms. The third kappa shape index (κ3) is 4.81. The minimum Gasteiger partial charge on any atom is -0.508 e. The molecule has 2 rings (SSSR count). The van der Waals surface area contributed by atoms with Gasteiger partial charge < -0.3 is 5.11 Å². The molecule has 2 aromatic rings. The molecular formula is C13H13N5O4S. The SMILES string of the molecule is CC(Sc1n[nH]c(=O)[nH]c1=O)C(=O)N/N=C/c1cccc(O)c1. The number of hydrogen-bond acceptors (Lipinski definition) is 7. The lowest BCUT2D eigenvalue weighted by molar-refractivity contribution is -0.120. The van der Waals surface area contributed by atoms with Crippen LogP contribution in [0.15, 0.2) is 44.0 Å². The Kier molecular flexibility index (Phi) is 5.31. The second-order valence-electron chi connectivity index (χ2n) is 4.40. The third-order valence-corrected chi connectivity index (χ3v) is 3.66. The number of nitrogens with zero attached hydrogens (tertiary/aromatic N) is 2. The van der Waals surface area contributed by atoms with Crippen LogP contribution in [0.3, 0.4) is 0 Å². The fourth-order valence-electron chi connectivity index (χ4n) is 1.50. The molecule has 0 aliphatic carbocycles. The van der Waals surface area contributed by atoms with Gasteiger partial charge in [-0.15, -0.1) is 0 Å². The fraction of sp³-hybridized carbons (Fsp3) is 0.154. The Morgan fingerprint density at radius 2 is 2.26 bits per heavy atom. The minimum atomic E-state index is -0.716. The van der Waals surface area contributed by atoms with E-state index in [0.29, 0.717) is 5.56 Å². The molecule has 23 heavy (non-hydrogen) atoms. The number of aromatic hydroxyl groups is 1. The summed E-state index contributed by atoms with van der Waals surface area (Å²) in [5.74, 6) is -0.355. The van der Waals surface area contributed by atoms with Gasteiger partial charge in [-0.2, -0.15) is 10.2 Å². The number of hydrogen-bond donors (Lipinski definition) is 4. The number of amides is 1. The van der Waals surface area contributed by atoms with Crippen LogP contribution in [-0.2, 0) is 4.79 Å². The molecule has 9 nitrogen and oxygen atoms in total. The summed E-state index contributed by atoms with van der Waals surface area (Å²) in [5.41, 5.74) is 1.55. The summed E-state index contributed by atoms with van der Waals surface area (Å²) in [7, 11) is 0. The Bertz CT molecular complexity index is 844. The Hall–Kier alpha value is -2.88. The first-order chi connectivity index (χ1) is 11.0. The van der Waals surface area contributed by atoms with Crippen LogP contribution >= 0.6 is 11.8 Å².